The number of para-hydroxylation sites is 1. The Balaban J connectivity index is 1.47. The molecule has 30 heavy (non-hydrogen) atoms. The van der Waals surface area contributed by atoms with Gasteiger partial charge in [-0.05, 0) is 77.7 Å². The van der Waals surface area contributed by atoms with Crippen molar-refractivity contribution in [2.24, 2.45) is 5.92 Å². The number of nitrogens with zero attached hydrogens (tertiary/aromatic N) is 3. The Morgan fingerprint density at radius 2 is 2.00 bits per heavy atom. The summed E-state index contributed by atoms with van der Waals surface area (Å²) in [5.74, 6) is 1.66. The zero-order chi connectivity index (χ0) is 21.5. The second kappa shape index (κ2) is 11.0. The Hall–Kier alpha value is -1.79. The molecule has 0 radical (unpaired) electrons. The molecule has 3 rings (SSSR count). The van der Waals surface area contributed by atoms with Gasteiger partial charge in [0.25, 0.3) is 0 Å². The molecule has 2 heterocycles. The highest BCUT2D eigenvalue weighted by molar-refractivity contribution is 5.76. The van der Waals surface area contributed by atoms with Gasteiger partial charge in [0, 0.05) is 38.2 Å². The summed E-state index contributed by atoms with van der Waals surface area (Å²) in [6, 6.07) is 6.13. The number of benzene rings is 1. The van der Waals surface area contributed by atoms with Crippen LogP contribution in [0, 0.1) is 5.92 Å². The van der Waals surface area contributed by atoms with E-state index in [-0.39, 0.29) is 5.75 Å². The van der Waals surface area contributed by atoms with Crippen molar-refractivity contribution in [1.29, 1.82) is 0 Å². The molecular formula is C24H39N3O3. The maximum absolute atomic E-state index is 12.7. The standard InChI is InChI=1S/C24H39N3O3/c1-4-30-22-9-5-8-20(24(22)29)18-27-14-6-7-19(17-27)10-11-23(28)26(3)21-12-15-25(2)16-13-21/h5,8-9,19,21,29H,4,6-7,10-18H2,1-3H3/t19-/m1/s1. The number of phenolic OH excluding ortho intramolecular Hbond substituents is 1. The number of aromatic hydroxyl groups is 1. The molecule has 6 heteroatoms. The summed E-state index contributed by atoms with van der Waals surface area (Å²) >= 11 is 0. The van der Waals surface area contributed by atoms with E-state index in [2.05, 4.69) is 16.8 Å². The second-order valence-corrected chi connectivity index (χ2v) is 9.02. The van der Waals surface area contributed by atoms with E-state index in [1.54, 1.807) is 0 Å². The summed E-state index contributed by atoms with van der Waals surface area (Å²) in [6.45, 7) is 7.39. The minimum Gasteiger partial charge on any atom is -0.504 e. The van der Waals surface area contributed by atoms with Gasteiger partial charge in [0.15, 0.2) is 11.5 Å². The van der Waals surface area contributed by atoms with Gasteiger partial charge >= 0.3 is 0 Å². The molecule has 0 unspecified atom stereocenters. The second-order valence-electron chi connectivity index (χ2n) is 9.02. The highest BCUT2D eigenvalue weighted by atomic mass is 16.5. The van der Waals surface area contributed by atoms with E-state index in [0.29, 0.717) is 36.6 Å². The zero-order valence-electron chi connectivity index (χ0n) is 19.0. The summed E-state index contributed by atoms with van der Waals surface area (Å²) in [4.78, 5) is 19.5. The first-order valence-corrected chi connectivity index (χ1v) is 11.6. The average molecular weight is 418 g/mol. The molecule has 0 saturated carbocycles. The molecule has 1 aromatic rings. The summed E-state index contributed by atoms with van der Waals surface area (Å²) < 4.78 is 5.52. The van der Waals surface area contributed by atoms with Crippen LogP contribution < -0.4 is 4.74 Å². The third kappa shape index (κ3) is 6.11. The fourth-order valence-electron chi connectivity index (χ4n) is 4.83. The quantitative estimate of drug-likeness (QED) is 0.703. The van der Waals surface area contributed by atoms with Crippen molar-refractivity contribution in [2.75, 3.05) is 46.9 Å². The van der Waals surface area contributed by atoms with Crippen LogP contribution >= 0.6 is 0 Å². The third-order valence-corrected chi connectivity index (χ3v) is 6.78. The molecule has 1 N–H and O–H groups in total. The van der Waals surface area contributed by atoms with E-state index in [1.165, 1.54) is 6.42 Å². The topological polar surface area (TPSA) is 56.2 Å². The maximum atomic E-state index is 12.7. The number of carbonyl (C=O) groups is 1. The summed E-state index contributed by atoms with van der Waals surface area (Å²) in [7, 11) is 4.14. The number of hydrogen-bond donors (Lipinski definition) is 1. The first kappa shape index (κ1) is 22.9. The van der Waals surface area contributed by atoms with Crippen molar-refractivity contribution >= 4 is 5.91 Å². The molecule has 2 fully saturated rings. The van der Waals surface area contributed by atoms with Crippen molar-refractivity contribution in [3.8, 4) is 11.5 Å². The van der Waals surface area contributed by atoms with E-state index < -0.39 is 0 Å². The minimum absolute atomic E-state index is 0.261. The molecule has 168 valence electrons. The lowest BCUT2D eigenvalue weighted by molar-refractivity contribution is -0.133. The van der Waals surface area contributed by atoms with Gasteiger partial charge in [0.1, 0.15) is 0 Å². The van der Waals surface area contributed by atoms with Crippen molar-refractivity contribution in [3.63, 3.8) is 0 Å². The molecule has 0 spiro atoms. The van der Waals surface area contributed by atoms with Crippen molar-refractivity contribution in [1.82, 2.24) is 14.7 Å². The van der Waals surface area contributed by atoms with Gasteiger partial charge in [0.05, 0.1) is 6.61 Å². The van der Waals surface area contributed by atoms with Crippen LogP contribution in [-0.4, -0.2) is 78.6 Å². The predicted octanol–water partition coefficient (Wildman–Crippen LogP) is 3.34. The molecule has 2 saturated heterocycles. The number of likely N-dealkylation sites (tertiary alicyclic amines) is 2. The molecule has 2 aliphatic heterocycles. The largest absolute Gasteiger partial charge is 0.504 e. The van der Waals surface area contributed by atoms with E-state index >= 15 is 0 Å². The zero-order valence-corrected chi connectivity index (χ0v) is 19.0. The van der Waals surface area contributed by atoms with Crippen molar-refractivity contribution < 1.29 is 14.6 Å². The first-order valence-electron chi connectivity index (χ1n) is 11.6. The van der Waals surface area contributed by atoms with Gasteiger partial charge in [-0.15, -0.1) is 0 Å². The smallest absolute Gasteiger partial charge is 0.222 e. The number of ether oxygens (including phenoxy) is 1. The highest BCUT2D eigenvalue weighted by Crippen LogP contribution is 2.32. The molecule has 6 nitrogen and oxygen atoms in total. The van der Waals surface area contributed by atoms with Gasteiger partial charge in [-0.3, -0.25) is 9.69 Å². The van der Waals surface area contributed by atoms with Crippen molar-refractivity contribution in [2.45, 2.75) is 58.0 Å². The molecule has 1 atom stereocenters. The van der Waals surface area contributed by atoms with Crippen LogP contribution in [-0.2, 0) is 11.3 Å². The summed E-state index contributed by atoms with van der Waals surface area (Å²) in [5.41, 5.74) is 0.916. The van der Waals surface area contributed by atoms with Gasteiger partial charge < -0.3 is 19.6 Å². The van der Waals surface area contributed by atoms with E-state index in [1.807, 2.05) is 37.1 Å². The molecule has 1 amide bonds. The lowest BCUT2D eigenvalue weighted by Gasteiger charge is -2.36. The maximum Gasteiger partial charge on any atom is 0.222 e. The monoisotopic (exact) mass is 417 g/mol. The molecule has 0 aromatic heterocycles. The Labute approximate surface area is 181 Å². The Kier molecular flexibility index (Phi) is 8.40. The van der Waals surface area contributed by atoms with Crippen LogP contribution in [0.3, 0.4) is 0 Å². The summed E-state index contributed by atoms with van der Waals surface area (Å²) in [5, 5.41) is 10.5. The number of piperidine rings is 2. The fourth-order valence-corrected chi connectivity index (χ4v) is 4.83. The lowest BCUT2D eigenvalue weighted by Crippen LogP contribution is -2.44. The van der Waals surface area contributed by atoms with Crippen LogP contribution in [0.15, 0.2) is 18.2 Å². The average Bonchev–Trinajstić information content (AvgIpc) is 2.75. The Morgan fingerprint density at radius 1 is 1.23 bits per heavy atom. The SMILES string of the molecule is CCOc1cccc(CN2CCC[C@H](CCC(=O)N(C)C3CCN(C)CC3)C2)c1O. The minimum atomic E-state index is 0.261. The molecular weight excluding hydrogens is 378 g/mol. The molecule has 0 bridgehead atoms. The van der Waals surface area contributed by atoms with Gasteiger partial charge in [-0.25, -0.2) is 0 Å². The first-order chi connectivity index (χ1) is 14.5. The Morgan fingerprint density at radius 3 is 2.73 bits per heavy atom. The van der Waals surface area contributed by atoms with Gasteiger partial charge in [-0.2, -0.15) is 0 Å². The number of hydrogen-bond acceptors (Lipinski definition) is 5. The number of amides is 1. The van der Waals surface area contributed by atoms with Crippen LogP contribution in [0.5, 0.6) is 11.5 Å². The molecule has 1 aromatic carbocycles. The number of phenols is 1. The van der Waals surface area contributed by atoms with Crippen LogP contribution in [0.2, 0.25) is 0 Å². The Bertz CT molecular complexity index is 688. The number of carbonyl (C=O) groups excluding carboxylic acids is 1. The van der Waals surface area contributed by atoms with Crippen LogP contribution in [0.25, 0.3) is 0 Å². The van der Waals surface area contributed by atoms with Crippen LogP contribution in [0.4, 0.5) is 0 Å². The van der Waals surface area contributed by atoms with Gasteiger partial charge in [0.2, 0.25) is 5.91 Å². The normalized spacial score (nSPS) is 21.5. The van der Waals surface area contributed by atoms with Crippen LogP contribution in [0.1, 0.15) is 51.0 Å². The third-order valence-electron chi connectivity index (χ3n) is 6.78. The fraction of sp³-hybridized carbons (Fsp3) is 0.708. The van der Waals surface area contributed by atoms with Gasteiger partial charge in [-0.1, -0.05) is 12.1 Å². The lowest BCUT2D eigenvalue weighted by atomic mass is 9.92. The summed E-state index contributed by atoms with van der Waals surface area (Å²) in [6.07, 6.45) is 6.10. The van der Waals surface area contributed by atoms with Crippen molar-refractivity contribution in [3.05, 3.63) is 23.8 Å². The number of rotatable bonds is 8. The predicted molar refractivity (Wildman–Crippen MR) is 120 cm³/mol. The van der Waals surface area contributed by atoms with E-state index in [0.717, 1.165) is 64.0 Å². The molecule has 0 aliphatic carbocycles. The molecule has 2 aliphatic rings. The highest BCUT2D eigenvalue weighted by Gasteiger charge is 2.26. The van der Waals surface area contributed by atoms with E-state index in [4.69, 9.17) is 4.74 Å². The van der Waals surface area contributed by atoms with E-state index in [9.17, 15) is 9.90 Å².